The fraction of sp³-hybridized carbons (Fsp3) is 0.308. The monoisotopic (exact) mass is 287 g/mol. The summed E-state index contributed by atoms with van der Waals surface area (Å²) in [5.74, 6) is -0.764. The Kier molecular flexibility index (Phi) is 3.80. The van der Waals surface area contributed by atoms with Crippen LogP contribution in [0.3, 0.4) is 0 Å². The molecule has 0 spiro atoms. The molecule has 0 radical (unpaired) electrons. The lowest BCUT2D eigenvalue weighted by atomic mass is 10.1. The van der Waals surface area contributed by atoms with Crippen LogP contribution in [0.1, 0.15) is 17.0 Å². The first-order valence-corrected chi connectivity index (χ1v) is 5.97. The Balaban J connectivity index is 2.71. The molecule has 0 bridgehead atoms. The van der Waals surface area contributed by atoms with Gasteiger partial charge in [-0.05, 0) is 32.0 Å². The molecule has 0 atom stereocenters. The van der Waals surface area contributed by atoms with Crippen LogP contribution in [0.2, 0.25) is 0 Å². The van der Waals surface area contributed by atoms with Crippen molar-refractivity contribution >= 4 is 0 Å². The summed E-state index contributed by atoms with van der Waals surface area (Å²) in [5.41, 5.74) is 4.35. The molecule has 0 unspecified atom stereocenters. The van der Waals surface area contributed by atoms with Crippen LogP contribution in [0.25, 0.3) is 5.69 Å². The zero-order valence-corrected chi connectivity index (χ0v) is 10.7. The third-order valence-corrected chi connectivity index (χ3v) is 2.93. The first-order valence-electron chi connectivity index (χ1n) is 5.97. The summed E-state index contributed by atoms with van der Waals surface area (Å²) in [6.45, 7) is 1.52. The van der Waals surface area contributed by atoms with Gasteiger partial charge in [0, 0.05) is 5.56 Å². The number of para-hydroxylation sites is 1. The van der Waals surface area contributed by atoms with Gasteiger partial charge < -0.3 is 5.73 Å². The van der Waals surface area contributed by atoms with Crippen LogP contribution in [0.15, 0.2) is 24.3 Å². The smallest absolute Gasteiger partial charge is 0.330 e. The van der Waals surface area contributed by atoms with Crippen LogP contribution in [-0.4, -0.2) is 16.3 Å². The molecular weight excluding hydrogens is 274 g/mol. The van der Waals surface area contributed by atoms with E-state index < -0.39 is 17.7 Å². The summed E-state index contributed by atoms with van der Waals surface area (Å²) >= 11 is 0. The minimum Gasteiger partial charge on any atom is -0.330 e. The van der Waals surface area contributed by atoms with Gasteiger partial charge in [0.15, 0.2) is 5.69 Å². The summed E-state index contributed by atoms with van der Waals surface area (Å²) in [4.78, 5) is 0. The number of aryl methyl sites for hydroxylation is 1. The van der Waals surface area contributed by atoms with E-state index in [1.165, 1.54) is 25.1 Å². The Labute approximate surface area is 113 Å². The third-order valence-electron chi connectivity index (χ3n) is 2.93. The molecule has 0 amide bonds. The lowest BCUT2D eigenvalue weighted by Gasteiger charge is -2.13. The number of halogens is 4. The Morgan fingerprint density at radius 3 is 2.45 bits per heavy atom. The first kappa shape index (κ1) is 14.5. The maximum atomic E-state index is 13.7. The molecule has 2 aromatic rings. The van der Waals surface area contributed by atoms with E-state index in [1.807, 2.05) is 0 Å². The zero-order chi connectivity index (χ0) is 14.9. The maximum Gasteiger partial charge on any atom is 0.433 e. The minimum atomic E-state index is -4.63. The van der Waals surface area contributed by atoms with Crippen molar-refractivity contribution in [2.24, 2.45) is 5.73 Å². The molecule has 3 nitrogen and oxygen atoms in total. The van der Waals surface area contributed by atoms with Gasteiger partial charge in [0.25, 0.3) is 0 Å². The molecule has 7 heteroatoms. The fourth-order valence-corrected chi connectivity index (χ4v) is 2.09. The highest BCUT2D eigenvalue weighted by Gasteiger charge is 2.39. The molecule has 0 aliphatic carbocycles. The van der Waals surface area contributed by atoms with E-state index in [1.54, 1.807) is 0 Å². The zero-order valence-electron chi connectivity index (χ0n) is 10.7. The molecule has 0 saturated heterocycles. The number of nitrogens with two attached hydrogens (primary N) is 1. The largest absolute Gasteiger partial charge is 0.433 e. The molecule has 2 N–H and O–H groups in total. The molecule has 108 valence electrons. The molecule has 1 aromatic heterocycles. The second-order valence-electron chi connectivity index (χ2n) is 4.31. The number of hydrogen-bond donors (Lipinski definition) is 1. The lowest BCUT2D eigenvalue weighted by molar-refractivity contribution is -0.143. The van der Waals surface area contributed by atoms with Crippen molar-refractivity contribution in [3.63, 3.8) is 0 Å². The van der Waals surface area contributed by atoms with E-state index in [4.69, 9.17) is 5.73 Å². The third kappa shape index (κ3) is 2.53. The predicted molar refractivity (Wildman–Crippen MR) is 66.0 cm³/mol. The van der Waals surface area contributed by atoms with Gasteiger partial charge in [-0.15, -0.1) is 0 Å². The molecule has 0 aliphatic rings. The Morgan fingerprint density at radius 2 is 1.90 bits per heavy atom. The van der Waals surface area contributed by atoms with Crippen LogP contribution < -0.4 is 5.73 Å². The van der Waals surface area contributed by atoms with Crippen LogP contribution >= 0.6 is 0 Å². The molecular formula is C13H13F4N3. The number of aromatic nitrogens is 2. The summed E-state index contributed by atoms with van der Waals surface area (Å²) in [7, 11) is 0. The second kappa shape index (κ2) is 5.24. The number of hydrogen-bond acceptors (Lipinski definition) is 2. The number of nitrogens with zero attached hydrogens (tertiary/aromatic N) is 2. The van der Waals surface area contributed by atoms with Gasteiger partial charge in [-0.3, -0.25) is 0 Å². The van der Waals surface area contributed by atoms with Crippen molar-refractivity contribution in [1.82, 2.24) is 9.78 Å². The highest BCUT2D eigenvalue weighted by Crippen LogP contribution is 2.35. The summed E-state index contributed by atoms with van der Waals surface area (Å²) in [6, 6.07) is 5.21. The molecule has 20 heavy (non-hydrogen) atoms. The molecule has 0 saturated carbocycles. The Hall–Kier alpha value is -1.89. The van der Waals surface area contributed by atoms with E-state index in [0.29, 0.717) is 4.68 Å². The van der Waals surface area contributed by atoms with E-state index in [-0.39, 0.29) is 29.9 Å². The minimum absolute atomic E-state index is 0.00301. The quantitative estimate of drug-likeness (QED) is 0.882. The number of alkyl halides is 3. The normalized spacial score (nSPS) is 11.9. The van der Waals surface area contributed by atoms with Crippen LogP contribution in [0.5, 0.6) is 0 Å². The van der Waals surface area contributed by atoms with Crippen molar-refractivity contribution in [2.75, 3.05) is 6.54 Å². The Morgan fingerprint density at radius 1 is 1.25 bits per heavy atom. The number of benzene rings is 1. The molecule has 0 aliphatic heterocycles. The highest BCUT2D eigenvalue weighted by molar-refractivity contribution is 5.40. The second-order valence-corrected chi connectivity index (χ2v) is 4.31. The topological polar surface area (TPSA) is 43.8 Å². The fourth-order valence-electron chi connectivity index (χ4n) is 2.09. The molecule has 0 fully saturated rings. The first-order chi connectivity index (χ1) is 9.36. The van der Waals surface area contributed by atoms with Gasteiger partial charge in [0.1, 0.15) is 11.5 Å². The van der Waals surface area contributed by atoms with E-state index in [9.17, 15) is 17.6 Å². The lowest BCUT2D eigenvalue weighted by Crippen LogP contribution is -2.17. The van der Waals surface area contributed by atoms with Crippen LogP contribution in [0, 0.1) is 12.7 Å². The van der Waals surface area contributed by atoms with Crippen molar-refractivity contribution in [2.45, 2.75) is 19.5 Å². The van der Waals surface area contributed by atoms with Crippen molar-refractivity contribution in [3.8, 4) is 5.69 Å². The van der Waals surface area contributed by atoms with Crippen molar-refractivity contribution < 1.29 is 17.6 Å². The van der Waals surface area contributed by atoms with Gasteiger partial charge in [0.2, 0.25) is 0 Å². The summed E-state index contributed by atoms with van der Waals surface area (Å²) < 4.78 is 54.0. The van der Waals surface area contributed by atoms with Crippen molar-refractivity contribution in [3.05, 3.63) is 47.0 Å². The van der Waals surface area contributed by atoms with E-state index in [0.717, 1.165) is 6.07 Å². The van der Waals surface area contributed by atoms with Gasteiger partial charge >= 0.3 is 6.18 Å². The molecule has 2 rings (SSSR count). The van der Waals surface area contributed by atoms with Gasteiger partial charge in [-0.25, -0.2) is 9.07 Å². The van der Waals surface area contributed by atoms with E-state index in [2.05, 4.69) is 5.10 Å². The summed E-state index contributed by atoms with van der Waals surface area (Å²) in [5, 5.41) is 3.83. The Bertz CT molecular complexity index is 617. The van der Waals surface area contributed by atoms with Gasteiger partial charge in [-0.2, -0.15) is 18.3 Å². The van der Waals surface area contributed by atoms with Crippen LogP contribution in [0.4, 0.5) is 17.6 Å². The average Bonchev–Trinajstić information content (AvgIpc) is 2.67. The summed E-state index contributed by atoms with van der Waals surface area (Å²) in [6.07, 6.45) is -4.59. The molecule has 1 aromatic carbocycles. The van der Waals surface area contributed by atoms with E-state index >= 15 is 0 Å². The van der Waals surface area contributed by atoms with Gasteiger partial charge in [0.05, 0.1) is 5.69 Å². The van der Waals surface area contributed by atoms with Crippen molar-refractivity contribution in [1.29, 1.82) is 0 Å². The molecule has 1 heterocycles. The SMILES string of the molecule is Cc1nn(-c2ccccc2F)c(C(F)(F)F)c1CCN. The average molecular weight is 287 g/mol. The predicted octanol–water partition coefficient (Wildman–Crippen LogP) is 2.84. The standard InChI is InChI=1S/C13H13F4N3/c1-8-9(6-7-18)12(13(15,16)17)20(19-8)11-5-3-2-4-10(11)14/h2-5H,6-7,18H2,1H3. The van der Waals surface area contributed by atoms with Crippen LogP contribution in [-0.2, 0) is 12.6 Å². The number of rotatable bonds is 3. The highest BCUT2D eigenvalue weighted by atomic mass is 19.4. The maximum absolute atomic E-state index is 13.7. The van der Waals surface area contributed by atoms with Gasteiger partial charge in [-0.1, -0.05) is 12.1 Å².